The number of hydrogen-bond donors (Lipinski definition) is 1. The fraction of sp³-hybridized carbons (Fsp3) is 0.186. The SMILES string of the molecule is C[C@H]1C[C@@H](CCO)O[C@]12C(=O)N(Cc1ccc(N3C(=O)c4cccc5cccc3c45)cc1)c1ccc(N3C(=O)c4cccc5cccc3c45)cc12. The van der Waals surface area contributed by atoms with Gasteiger partial charge in [0.2, 0.25) is 0 Å². The summed E-state index contributed by atoms with van der Waals surface area (Å²) in [6.07, 6.45) is 0.790. The smallest absolute Gasteiger partial charge is 0.264 e. The predicted molar refractivity (Wildman–Crippen MR) is 197 cm³/mol. The molecule has 4 heterocycles. The topological polar surface area (TPSA) is 90.4 Å². The number of carbonyl (C=O) groups excluding carboxylic acids is 3. The van der Waals surface area contributed by atoms with Gasteiger partial charge in [-0.15, -0.1) is 0 Å². The van der Waals surface area contributed by atoms with E-state index in [-0.39, 0.29) is 36.4 Å². The second-order valence-electron chi connectivity index (χ2n) is 14.0. The van der Waals surface area contributed by atoms with Gasteiger partial charge in [-0.1, -0.05) is 67.6 Å². The third-order valence-electron chi connectivity index (χ3n) is 11.3. The maximum atomic E-state index is 14.7. The summed E-state index contributed by atoms with van der Waals surface area (Å²) in [6, 6.07) is 37.1. The lowest BCUT2D eigenvalue weighted by Crippen LogP contribution is -2.43. The number of amides is 3. The lowest BCUT2D eigenvalue weighted by molar-refractivity contribution is -0.146. The molecule has 0 bridgehead atoms. The highest BCUT2D eigenvalue weighted by atomic mass is 16.5. The van der Waals surface area contributed by atoms with Crippen LogP contribution in [0.2, 0.25) is 0 Å². The van der Waals surface area contributed by atoms with Gasteiger partial charge in [0, 0.05) is 40.2 Å². The number of ether oxygens (including phenoxy) is 1. The van der Waals surface area contributed by atoms with Crippen molar-refractivity contribution in [2.24, 2.45) is 5.92 Å². The van der Waals surface area contributed by atoms with Crippen molar-refractivity contribution in [2.45, 2.75) is 38.0 Å². The number of carbonyl (C=O) groups is 3. The first kappa shape index (κ1) is 30.0. The molecule has 8 nitrogen and oxygen atoms in total. The Hall–Kier alpha value is -5.83. The van der Waals surface area contributed by atoms with Crippen LogP contribution in [-0.4, -0.2) is 35.5 Å². The largest absolute Gasteiger partial charge is 0.396 e. The Labute approximate surface area is 294 Å². The van der Waals surface area contributed by atoms with Gasteiger partial charge in [0.25, 0.3) is 17.7 Å². The molecule has 6 aromatic carbocycles. The molecular weight excluding hydrogens is 638 g/mol. The molecule has 0 saturated carbocycles. The standard InChI is InChI=1S/C43H33N3O5/c1-25-22-31(20-21-47)51-43(25)34-23-30(46-37-13-5-9-28-7-3-11-33(39(28)37)41(46)49)18-19-35(34)44(42(43)50)24-26-14-16-29(17-15-26)45-36-12-4-8-27-6-2-10-32(38(27)36)40(45)48/h2-19,23,25,31,47H,20-22,24H2,1H3/t25-,31+,43+/m0/s1. The average Bonchev–Trinajstić information content (AvgIpc) is 3.81. The van der Waals surface area contributed by atoms with Crippen molar-refractivity contribution in [1.82, 2.24) is 0 Å². The average molecular weight is 672 g/mol. The third-order valence-corrected chi connectivity index (χ3v) is 11.3. The highest BCUT2D eigenvalue weighted by molar-refractivity contribution is 6.29. The third kappa shape index (κ3) is 4.06. The number of anilines is 5. The van der Waals surface area contributed by atoms with E-state index in [1.165, 1.54) is 0 Å². The van der Waals surface area contributed by atoms with Crippen LogP contribution in [0.1, 0.15) is 51.6 Å². The van der Waals surface area contributed by atoms with Gasteiger partial charge in [-0.2, -0.15) is 0 Å². The lowest BCUT2D eigenvalue weighted by atomic mass is 9.82. The highest BCUT2D eigenvalue weighted by Crippen LogP contribution is 2.55. The Balaban J connectivity index is 1.02. The first-order chi connectivity index (χ1) is 24.9. The van der Waals surface area contributed by atoms with Gasteiger partial charge >= 0.3 is 0 Å². The molecule has 4 aliphatic heterocycles. The molecule has 0 unspecified atom stereocenters. The number of aliphatic hydroxyl groups excluding tert-OH is 1. The van der Waals surface area contributed by atoms with Crippen molar-refractivity contribution in [1.29, 1.82) is 0 Å². The molecule has 1 fully saturated rings. The molecule has 1 N–H and O–H groups in total. The van der Waals surface area contributed by atoms with Crippen molar-refractivity contribution < 1.29 is 24.2 Å². The van der Waals surface area contributed by atoms with E-state index in [0.717, 1.165) is 55.4 Å². The summed E-state index contributed by atoms with van der Waals surface area (Å²) in [6.45, 7) is 2.30. The van der Waals surface area contributed by atoms with Crippen LogP contribution >= 0.6 is 0 Å². The summed E-state index contributed by atoms with van der Waals surface area (Å²) < 4.78 is 6.69. The Morgan fingerprint density at radius 2 is 1.27 bits per heavy atom. The lowest BCUT2D eigenvalue weighted by Gasteiger charge is -2.29. The molecule has 3 amide bonds. The minimum atomic E-state index is -1.25. The summed E-state index contributed by atoms with van der Waals surface area (Å²) in [5.74, 6) is -0.479. The molecule has 1 saturated heterocycles. The molecule has 4 aliphatic rings. The number of hydrogen-bond acceptors (Lipinski definition) is 5. The molecular formula is C43H33N3O5. The van der Waals surface area contributed by atoms with Gasteiger partial charge in [-0.05, 0) is 83.8 Å². The molecule has 6 aromatic rings. The Morgan fingerprint density at radius 1 is 0.706 bits per heavy atom. The van der Waals surface area contributed by atoms with E-state index < -0.39 is 5.60 Å². The number of aliphatic hydroxyl groups is 1. The summed E-state index contributed by atoms with van der Waals surface area (Å²) >= 11 is 0. The van der Waals surface area contributed by atoms with Crippen LogP contribution in [0.15, 0.2) is 115 Å². The summed E-state index contributed by atoms with van der Waals surface area (Å²) in [5.41, 5.74) is 5.58. The Kier molecular flexibility index (Phi) is 6.38. The maximum Gasteiger partial charge on any atom is 0.264 e. The summed E-state index contributed by atoms with van der Waals surface area (Å²) in [4.78, 5) is 47.4. The van der Waals surface area contributed by atoms with E-state index in [1.54, 1.807) is 14.7 Å². The van der Waals surface area contributed by atoms with E-state index in [1.807, 2.05) is 122 Å². The van der Waals surface area contributed by atoms with Crippen LogP contribution in [0.3, 0.4) is 0 Å². The molecule has 0 aliphatic carbocycles. The number of nitrogens with zero attached hydrogens (tertiary/aromatic N) is 3. The normalized spacial score (nSPS) is 21.7. The first-order valence-electron chi connectivity index (χ1n) is 17.5. The minimum Gasteiger partial charge on any atom is -0.396 e. The zero-order valence-electron chi connectivity index (χ0n) is 27.9. The van der Waals surface area contributed by atoms with Crippen molar-refractivity contribution in [3.8, 4) is 0 Å². The fourth-order valence-electron chi connectivity index (χ4n) is 8.95. The van der Waals surface area contributed by atoms with Gasteiger partial charge in [0.15, 0.2) is 5.60 Å². The fourth-order valence-corrected chi connectivity index (χ4v) is 8.95. The number of benzene rings is 6. The molecule has 8 heteroatoms. The predicted octanol–water partition coefficient (Wildman–Crippen LogP) is 8.13. The van der Waals surface area contributed by atoms with Gasteiger partial charge in [0.1, 0.15) is 0 Å². The Morgan fingerprint density at radius 3 is 1.88 bits per heavy atom. The van der Waals surface area contributed by atoms with Crippen LogP contribution in [0, 0.1) is 5.92 Å². The zero-order valence-corrected chi connectivity index (χ0v) is 27.9. The van der Waals surface area contributed by atoms with Crippen molar-refractivity contribution in [2.75, 3.05) is 21.3 Å². The molecule has 0 radical (unpaired) electrons. The van der Waals surface area contributed by atoms with Gasteiger partial charge < -0.3 is 14.7 Å². The highest BCUT2D eigenvalue weighted by Gasteiger charge is 2.60. The number of rotatable bonds is 6. The van der Waals surface area contributed by atoms with Crippen molar-refractivity contribution in [3.05, 3.63) is 138 Å². The molecule has 0 aromatic heterocycles. The molecule has 1 spiro atoms. The molecule has 250 valence electrons. The second kappa shape index (κ2) is 10.8. The van der Waals surface area contributed by atoms with E-state index in [2.05, 4.69) is 0 Å². The second-order valence-corrected chi connectivity index (χ2v) is 14.0. The van der Waals surface area contributed by atoms with E-state index in [4.69, 9.17) is 4.74 Å². The van der Waals surface area contributed by atoms with Crippen molar-refractivity contribution >= 4 is 67.7 Å². The van der Waals surface area contributed by atoms with Crippen LogP contribution < -0.4 is 14.7 Å². The zero-order chi connectivity index (χ0) is 34.6. The first-order valence-corrected chi connectivity index (χ1v) is 17.5. The van der Waals surface area contributed by atoms with E-state index in [9.17, 15) is 19.5 Å². The molecule has 51 heavy (non-hydrogen) atoms. The summed E-state index contributed by atoms with van der Waals surface area (Å²) in [5, 5.41) is 13.7. The van der Waals surface area contributed by atoms with Crippen molar-refractivity contribution in [3.63, 3.8) is 0 Å². The quantitative estimate of drug-likeness (QED) is 0.193. The van der Waals surface area contributed by atoms with Gasteiger partial charge in [0.05, 0.1) is 40.8 Å². The van der Waals surface area contributed by atoms with E-state index in [0.29, 0.717) is 36.2 Å². The van der Waals surface area contributed by atoms with Gasteiger partial charge in [-0.25, -0.2) is 0 Å². The monoisotopic (exact) mass is 671 g/mol. The van der Waals surface area contributed by atoms with Crippen LogP contribution in [0.5, 0.6) is 0 Å². The van der Waals surface area contributed by atoms with Crippen LogP contribution in [-0.2, 0) is 21.7 Å². The van der Waals surface area contributed by atoms with E-state index >= 15 is 0 Å². The minimum absolute atomic E-state index is 0.0335. The molecule has 10 rings (SSSR count). The maximum absolute atomic E-state index is 14.7. The van der Waals surface area contributed by atoms with Crippen LogP contribution in [0.25, 0.3) is 21.5 Å². The number of fused-ring (bicyclic) bond motifs is 2. The van der Waals surface area contributed by atoms with Gasteiger partial charge in [-0.3, -0.25) is 24.2 Å². The molecule has 3 atom stereocenters. The summed E-state index contributed by atoms with van der Waals surface area (Å²) in [7, 11) is 0. The Bertz CT molecular complexity index is 2480. The van der Waals surface area contributed by atoms with Crippen LogP contribution in [0.4, 0.5) is 28.4 Å².